The van der Waals surface area contributed by atoms with Crippen molar-refractivity contribution in [3.8, 4) is 10.4 Å². The molecule has 3 amide bonds. The van der Waals surface area contributed by atoms with Crippen LogP contribution in [0.3, 0.4) is 0 Å². The molecule has 1 aromatic carbocycles. The van der Waals surface area contributed by atoms with E-state index < -0.39 is 16.8 Å². The van der Waals surface area contributed by atoms with Gasteiger partial charge in [0, 0.05) is 23.0 Å². The number of nitrogens with zero attached hydrogens (tertiary/aromatic N) is 2. The molecule has 7 nitrogen and oxygen atoms in total. The largest absolute Gasteiger partial charge is 0.348 e. The molecule has 0 spiro atoms. The maximum absolute atomic E-state index is 13.9. The van der Waals surface area contributed by atoms with Gasteiger partial charge in [-0.1, -0.05) is 52.0 Å². The van der Waals surface area contributed by atoms with Crippen molar-refractivity contribution in [2.24, 2.45) is 5.92 Å². The lowest BCUT2D eigenvalue weighted by molar-refractivity contribution is -0.142. The second kappa shape index (κ2) is 11.8. The van der Waals surface area contributed by atoms with Crippen LogP contribution in [0.1, 0.15) is 79.1 Å². The van der Waals surface area contributed by atoms with Crippen LogP contribution in [0, 0.1) is 12.8 Å². The highest BCUT2D eigenvalue weighted by molar-refractivity contribution is 8.02. The van der Waals surface area contributed by atoms with Gasteiger partial charge in [0.05, 0.1) is 22.1 Å². The van der Waals surface area contributed by atoms with Gasteiger partial charge in [0.15, 0.2) is 0 Å². The van der Waals surface area contributed by atoms with E-state index in [9.17, 15) is 14.4 Å². The minimum Gasteiger partial charge on any atom is -0.348 e. The summed E-state index contributed by atoms with van der Waals surface area (Å²) in [6, 6.07) is 6.62. The van der Waals surface area contributed by atoms with E-state index in [-0.39, 0.29) is 34.4 Å². The highest BCUT2D eigenvalue weighted by Crippen LogP contribution is 2.40. The lowest BCUT2D eigenvalue weighted by Crippen LogP contribution is -2.60. The van der Waals surface area contributed by atoms with Crippen LogP contribution in [-0.2, 0) is 14.4 Å². The topological polar surface area (TPSA) is 91.4 Å². The van der Waals surface area contributed by atoms with Gasteiger partial charge in [-0.2, -0.15) is 0 Å². The van der Waals surface area contributed by atoms with E-state index in [0.29, 0.717) is 13.0 Å². The normalized spacial score (nSPS) is 19.7. The third kappa shape index (κ3) is 7.38. The number of hydrogen-bond acceptors (Lipinski definition) is 6. The summed E-state index contributed by atoms with van der Waals surface area (Å²) in [6.45, 7) is 18.2. The summed E-state index contributed by atoms with van der Waals surface area (Å²) < 4.78 is -0.682. The lowest BCUT2D eigenvalue weighted by atomic mass is 10.0. The van der Waals surface area contributed by atoms with Crippen molar-refractivity contribution in [3.63, 3.8) is 0 Å². The molecule has 0 bridgehead atoms. The number of carbonyl (C=O) groups is 3. The average Bonchev–Trinajstić information content (AvgIpc) is 3.40. The fraction of sp³-hybridized carbons (Fsp3) is 0.586. The Morgan fingerprint density at radius 1 is 1.11 bits per heavy atom. The number of benzene rings is 1. The third-order valence-corrected chi connectivity index (χ3v) is 9.08. The van der Waals surface area contributed by atoms with Gasteiger partial charge in [0.25, 0.3) is 0 Å². The van der Waals surface area contributed by atoms with Gasteiger partial charge in [0.1, 0.15) is 12.1 Å². The Morgan fingerprint density at radius 2 is 1.74 bits per heavy atom. The van der Waals surface area contributed by atoms with E-state index in [4.69, 9.17) is 0 Å². The Kier molecular flexibility index (Phi) is 9.35. The molecule has 3 rings (SSSR count). The van der Waals surface area contributed by atoms with Gasteiger partial charge >= 0.3 is 0 Å². The van der Waals surface area contributed by atoms with Gasteiger partial charge in [-0.25, -0.2) is 4.98 Å². The number of nitrogens with one attached hydrogen (secondary N) is 2. The summed E-state index contributed by atoms with van der Waals surface area (Å²) in [5.41, 5.74) is 4.95. The number of thioether (sulfide) groups is 1. The first-order valence-corrected chi connectivity index (χ1v) is 14.9. The predicted octanol–water partition coefficient (Wildman–Crippen LogP) is 5.35. The summed E-state index contributed by atoms with van der Waals surface area (Å²) >= 11 is 3.26. The van der Waals surface area contributed by atoms with Crippen LogP contribution in [0.2, 0.25) is 0 Å². The van der Waals surface area contributed by atoms with Crippen LogP contribution in [-0.4, -0.2) is 55.7 Å². The van der Waals surface area contributed by atoms with Gasteiger partial charge in [-0.15, -0.1) is 23.1 Å². The van der Waals surface area contributed by atoms with E-state index in [0.717, 1.165) is 21.7 Å². The van der Waals surface area contributed by atoms with Gasteiger partial charge in [-0.3, -0.25) is 14.4 Å². The zero-order chi connectivity index (χ0) is 28.4. The molecule has 1 saturated heterocycles. The number of amides is 3. The highest BCUT2D eigenvalue weighted by Gasteiger charge is 2.46. The van der Waals surface area contributed by atoms with Crippen molar-refractivity contribution in [1.82, 2.24) is 20.5 Å². The molecule has 1 fully saturated rings. The van der Waals surface area contributed by atoms with Crippen LogP contribution < -0.4 is 10.6 Å². The van der Waals surface area contributed by atoms with Crippen LogP contribution in [0.15, 0.2) is 29.8 Å². The number of rotatable bonds is 8. The Hall–Kier alpha value is -2.39. The predicted molar refractivity (Wildman–Crippen MR) is 157 cm³/mol. The Bertz CT molecular complexity index is 1150. The highest BCUT2D eigenvalue weighted by atomic mass is 32.2. The van der Waals surface area contributed by atoms with Crippen molar-refractivity contribution in [2.75, 3.05) is 6.54 Å². The van der Waals surface area contributed by atoms with Crippen LogP contribution in [0.25, 0.3) is 10.4 Å². The molecule has 0 radical (unpaired) electrons. The van der Waals surface area contributed by atoms with Crippen LogP contribution in [0.4, 0.5) is 0 Å². The fourth-order valence-electron chi connectivity index (χ4n) is 5.18. The molecule has 1 aliphatic heterocycles. The summed E-state index contributed by atoms with van der Waals surface area (Å²) in [6.07, 6.45) is 0.591. The summed E-state index contributed by atoms with van der Waals surface area (Å²) in [7, 11) is 0. The number of aryl methyl sites for hydroxylation is 1. The molecule has 0 unspecified atom stereocenters. The molecular formula is C29H42N4O3S2. The molecule has 2 aromatic rings. The minimum atomic E-state index is -0.745. The Morgan fingerprint density at radius 3 is 2.26 bits per heavy atom. The van der Waals surface area contributed by atoms with Crippen molar-refractivity contribution in [1.29, 1.82) is 0 Å². The molecular weight excluding hydrogens is 516 g/mol. The van der Waals surface area contributed by atoms with Crippen LogP contribution >= 0.6 is 23.1 Å². The van der Waals surface area contributed by atoms with Gasteiger partial charge in [0.2, 0.25) is 17.7 Å². The summed E-state index contributed by atoms with van der Waals surface area (Å²) in [5, 5.41) is 6.03. The Balaban J connectivity index is 1.76. The molecule has 9 heteroatoms. The number of thiazole rings is 1. The minimum absolute atomic E-state index is 0.112. The molecule has 2 N–H and O–H groups in total. The number of hydrogen-bond donors (Lipinski definition) is 2. The summed E-state index contributed by atoms with van der Waals surface area (Å²) in [5.74, 6) is -0.447. The van der Waals surface area contributed by atoms with E-state index >= 15 is 0 Å². The molecule has 4 atom stereocenters. The van der Waals surface area contributed by atoms with Gasteiger partial charge < -0.3 is 15.5 Å². The van der Waals surface area contributed by atoms with Crippen molar-refractivity contribution < 1.29 is 14.4 Å². The van der Waals surface area contributed by atoms with E-state index in [1.165, 1.54) is 6.92 Å². The smallest absolute Gasteiger partial charge is 0.247 e. The fourth-order valence-corrected chi connectivity index (χ4v) is 7.85. The first-order chi connectivity index (χ1) is 17.6. The van der Waals surface area contributed by atoms with Crippen molar-refractivity contribution in [2.45, 2.75) is 96.4 Å². The second-order valence-electron chi connectivity index (χ2n) is 11.9. The first kappa shape index (κ1) is 30.2. The number of aromatic nitrogens is 1. The van der Waals surface area contributed by atoms with Gasteiger partial charge in [-0.05, 0) is 51.2 Å². The number of likely N-dealkylation sites (tertiary alicyclic amines) is 1. The molecule has 0 saturated carbocycles. The van der Waals surface area contributed by atoms with Crippen LogP contribution in [0.5, 0.6) is 0 Å². The molecule has 1 aliphatic rings. The van der Waals surface area contributed by atoms with E-state index in [2.05, 4.69) is 55.4 Å². The maximum Gasteiger partial charge on any atom is 0.247 e. The quantitative estimate of drug-likeness (QED) is 0.456. The Labute approximate surface area is 235 Å². The summed E-state index contributed by atoms with van der Waals surface area (Å²) in [4.78, 5) is 46.7. The zero-order valence-electron chi connectivity index (χ0n) is 24.0. The number of carbonyl (C=O) groups excluding carboxylic acids is 3. The lowest BCUT2D eigenvalue weighted by Gasteiger charge is -2.40. The molecule has 208 valence electrons. The standard InChI is InChI=1S/C29H42N4O3S2/c1-17-14-23(33(15-17)27(36)25(32-20(4)34)29(8,9)38-28(5,6)7)26(35)31-18(2)21-10-12-22(13-11-21)24-19(3)30-16-37-24/h10-13,16-18,23,25H,14-15H2,1-9H3,(H,31,35)(H,32,34)/t17-,18+,23+,25-/m1/s1. The molecule has 2 heterocycles. The van der Waals surface area contributed by atoms with Crippen molar-refractivity contribution in [3.05, 3.63) is 41.0 Å². The maximum atomic E-state index is 13.9. The average molecular weight is 559 g/mol. The SMILES string of the molecule is CC(=O)N[C@H](C(=O)N1C[C@H](C)C[C@H]1C(=O)N[C@@H](C)c1ccc(-c2scnc2C)cc1)C(C)(C)SC(C)(C)C. The van der Waals surface area contributed by atoms with Crippen molar-refractivity contribution >= 4 is 40.8 Å². The molecule has 1 aromatic heterocycles. The third-order valence-electron chi connectivity index (χ3n) is 6.73. The first-order valence-electron chi connectivity index (χ1n) is 13.2. The second-order valence-corrected chi connectivity index (χ2v) is 15.3. The van der Waals surface area contributed by atoms with E-state index in [1.54, 1.807) is 28.0 Å². The monoisotopic (exact) mass is 558 g/mol. The zero-order valence-corrected chi connectivity index (χ0v) is 25.7. The molecule has 38 heavy (non-hydrogen) atoms. The van der Waals surface area contributed by atoms with E-state index in [1.807, 2.05) is 45.3 Å². The molecule has 0 aliphatic carbocycles.